The van der Waals surface area contributed by atoms with Gasteiger partial charge in [0.15, 0.2) is 0 Å². The molecule has 1 heterocycles. The molecule has 0 aromatic heterocycles. The van der Waals surface area contributed by atoms with Gasteiger partial charge in [0.1, 0.15) is 0 Å². The van der Waals surface area contributed by atoms with Gasteiger partial charge in [0.2, 0.25) is 0 Å². The number of ether oxygens (including phenoxy) is 1. The predicted molar refractivity (Wildman–Crippen MR) is 37.0 cm³/mol. The molecule has 0 aromatic carbocycles. The lowest BCUT2D eigenvalue weighted by Crippen LogP contribution is -2.09. The van der Waals surface area contributed by atoms with Gasteiger partial charge in [-0.15, -0.1) is 0 Å². The zero-order valence-electron chi connectivity index (χ0n) is 4.86. The molecule has 1 unspecified atom stereocenters. The van der Waals surface area contributed by atoms with Crippen LogP contribution in [-0.2, 0) is 4.74 Å². The fraction of sp³-hybridized carbons (Fsp3) is 0.667. The molecule has 0 saturated heterocycles. The Hall–Kier alpha value is 0.0200. The average molecular weight is 177 g/mol. The topological polar surface area (TPSA) is 9.23 Å². The number of halogens is 1. The second-order valence-corrected chi connectivity index (χ2v) is 3.09. The standard InChI is InChI=1S/C6H9BrO/c1-5-4-8-3-2-6(5)7/h4,6H,2-3H2,1H3. The molecule has 8 heavy (non-hydrogen) atoms. The van der Waals surface area contributed by atoms with E-state index < -0.39 is 0 Å². The van der Waals surface area contributed by atoms with Crippen LogP contribution < -0.4 is 0 Å². The average Bonchev–Trinajstić information content (AvgIpc) is 1.77. The maximum absolute atomic E-state index is 5.06. The Balaban J connectivity index is 2.53. The predicted octanol–water partition coefficient (Wildman–Crippen LogP) is 2.07. The third-order valence-corrected chi connectivity index (χ3v) is 2.43. The summed E-state index contributed by atoms with van der Waals surface area (Å²) < 4.78 is 5.06. The number of allylic oxidation sites excluding steroid dienone is 1. The summed E-state index contributed by atoms with van der Waals surface area (Å²) in [4.78, 5) is 0.552. The van der Waals surface area contributed by atoms with Crippen LogP contribution in [0.25, 0.3) is 0 Å². The third-order valence-electron chi connectivity index (χ3n) is 1.25. The van der Waals surface area contributed by atoms with Crippen LogP contribution in [0.5, 0.6) is 0 Å². The minimum absolute atomic E-state index is 0.552. The molecule has 0 radical (unpaired) electrons. The van der Waals surface area contributed by atoms with Gasteiger partial charge in [0.05, 0.1) is 12.9 Å². The van der Waals surface area contributed by atoms with E-state index in [1.54, 1.807) is 0 Å². The highest BCUT2D eigenvalue weighted by atomic mass is 79.9. The van der Waals surface area contributed by atoms with Crippen molar-refractivity contribution in [1.82, 2.24) is 0 Å². The van der Waals surface area contributed by atoms with Crippen molar-refractivity contribution in [3.8, 4) is 0 Å². The second kappa shape index (κ2) is 2.53. The fourth-order valence-corrected chi connectivity index (χ4v) is 0.958. The summed E-state index contributed by atoms with van der Waals surface area (Å²) >= 11 is 3.51. The Morgan fingerprint density at radius 2 is 2.62 bits per heavy atom. The van der Waals surface area contributed by atoms with Crippen molar-refractivity contribution in [2.24, 2.45) is 0 Å². The zero-order chi connectivity index (χ0) is 5.98. The van der Waals surface area contributed by atoms with Crippen LogP contribution in [-0.4, -0.2) is 11.4 Å². The molecular weight excluding hydrogens is 168 g/mol. The van der Waals surface area contributed by atoms with E-state index in [0.717, 1.165) is 13.0 Å². The van der Waals surface area contributed by atoms with Gasteiger partial charge in [-0.2, -0.15) is 0 Å². The number of alkyl halides is 1. The number of hydrogen-bond donors (Lipinski definition) is 0. The molecule has 1 nitrogen and oxygen atoms in total. The molecule has 0 spiro atoms. The summed E-state index contributed by atoms with van der Waals surface area (Å²) in [7, 11) is 0. The maximum atomic E-state index is 5.06. The van der Waals surface area contributed by atoms with Gasteiger partial charge in [-0.1, -0.05) is 15.9 Å². The maximum Gasteiger partial charge on any atom is 0.0887 e. The van der Waals surface area contributed by atoms with Crippen molar-refractivity contribution in [2.45, 2.75) is 18.2 Å². The van der Waals surface area contributed by atoms with E-state index in [9.17, 15) is 0 Å². The van der Waals surface area contributed by atoms with E-state index in [0.29, 0.717) is 4.83 Å². The third kappa shape index (κ3) is 1.25. The first-order chi connectivity index (χ1) is 3.80. The van der Waals surface area contributed by atoms with Gasteiger partial charge in [-0.3, -0.25) is 0 Å². The van der Waals surface area contributed by atoms with Crippen molar-refractivity contribution in [1.29, 1.82) is 0 Å². The zero-order valence-corrected chi connectivity index (χ0v) is 6.44. The van der Waals surface area contributed by atoms with Crippen molar-refractivity contribution >= 4 is 15.9 Å². The van der Waals surface area contributed by atoms with Gasteiger partial charge in [-0.05, 0) is 18.9 Å². The summed E-state index contributed by atoms with van der Waals surface area (Å²) in [6, 6.07) is 0. The summed E-state index contributed by atoms with van der Waals surface area (Å²) in [5, 5.41) is 0. The number of rotatable bonds is 0. The summed E-state index contributed by atoms with van der Waals surface area (Å²) in [5.41, 5.74) is 1.29. The summed E-state index contributed by atoms with van der Waals surface area (Å²) in [6.45, 7) is 2.92. The van der Waals surface area contributed by atoms with Gasteiger partial charge in [0, 0.05) is 4.83 Å². The fourth-order valence-electron chi connectivity index (χ4n) is 0.663. The van der Waals surface area contributed by atoms with Gasteiger partial charge in [0.25, 0.3) is 0 Å². The van der Waals surface area contributed by atoms with Crippen LogP contribution in [0.1, 0.15) is 13.3 Å². The first-order valence-corrected chi connectivity index (χ1v) is 3.64. The van der Waals surface area contributed by atoms with E-state index in [4.69, 9.17) is 4.74 Å². The van der Waals surface area contributed by atoms with Gasteiger partial charge in [-0.25, -0.2) is 0 Å². The Bertz CT molecular complexity index is 109. The van der Waals surface area contributed by atoms with Crippen LogP contribution >= 0.6 is 15.9 Å². The van der Waals surface area contributed by atoms with Crippen molar-refractivity contribution in [3.63, 3.8) is 0 Å². The molecule has 0 N–H and O–H groups in total. The quantitative estimate of drug-likeness (QED) is 0.514. The molecule has 0 amide bonds. The molecule has 1 atom stereocenters. The van der Waals surface area contributed by atoms with E-state index in [2.05, 4.69) is 22.9 Å². The highest BCUT2D eigenvalue weighted by Gasteiger charge is 2.09. The van der Waals surface area contributed by atoms with Crippen LogP contribution in [0.4, 0.5) is 0 Å². The van der Waals surface area contributed by atoms with E-state index >= 15 is 0 Å². The van der Waals surface area contributed by atoms with Gasteiger partial charge < -0.3 is 4.74 Å². The molecule has 0 aliphatic carbocycles. The molecule has 1 aliphatic rings. The Labute approximate surface area is 57.8 Å². The smallest absolute Gasteiger partial charge is 0.0887 e. The highest BCUT2D eigenvalue weighted by molar-refractivity contribution is 9.09. The highest BCUT2D eigenvalue weighted by Crippen LogP contribution is 2.19. The van der Waals surface area contributed by atoms with Crippen LogP contribution in [0, 0.1) is 0 Å². The summed E-state index contributed by atoms with van der Waals surface area (Å²) in [6.07, 6.45) is 2.92. The molecule has 0 bridgehead atoms. The molecule has 1 aliphatic heterocycles. The molecular formula is C6H9BrO. The Morgan fingerprint density at radius 1 is 1.88 bits per heavy atom. The molecule has 2 heteroatoms. The number of hydrogen-bond acceptors (Lipinski definition) is 1. The van der Waals surface area contributed by atoms with E-state index in [1.165, 1.54) is 5.57 Å². The van der Waals surface area contributed by atoms with Crippen molar-refractivity contribution in [2.75, 3.05) is 6.61 Å². The normalized spacial score (nSPS) is 28.8. The SMILES string of the molecule is CC1=COCCC1Br. The Kier molecular flexibility index (Phi) is 1.95. The molecule has 1 rings (SSSR count). The minimum atomic E-state index is 0.552. The largest absolute Gasteiger partial charge is 0.501 e. The van der Waals surface area contributed by atoms with E-state index in [1.807, 2.05) is 6.26 Å². The van der Waals surface area contributed by atoms with Crippen molar-refractivity contribution in [3.05, 3.63) is 11.8 Å². The minimum Gasteiger partial charge on any atom is -0.501 e. The Morgan fingerprint density at radius 3 is 3.00 bits per heavy atom. The lowest BCUT2D eigenvalue weighted by Gasteiger charge is -2.15. The summed E-state index contributed by atoms with van der Waals surface area (Å²) in [5.74, 6) is 0. The molecule has 0 aromatic rings. The van der Waals surface area contributed by atoms with E-state index in [-0.39, 0.29) is 0 Å². The van der Waals surface area contributed by atoms with Gasteiger partial charge >= 0.3 is 0 Å². The van der Waals surface area contributed by atoms with Crippen LogP contribution in [0.3, 0.4) is 0 Å². The lowest BCUT2D eigenvalue weighted by molar-refractivity contribution is 0.228. The lowest BCUT2D eigenvalue weighted by atomic mass is 10.2. The second-order valence-electron chi connectivity index (χ2n) is 1.99. The van der Waals surface area contributed by atoms with Crippen LogP contribution in [0.2, 0.25) is 0 Å². The molecule has 0 fully saturated rings. The molecule has 46 valence electrons. The van der Waals surface area contributed by atoms with Crippen LogP contribution in [0.15, 0.2) is 11.8 Å². The first kappa shape index (κ1) is 6.14. The monoisotopic (exact) mass is 176 g/mol. The first-order valence-electron chi connectivity index (χ1n) is 2.73. The molecule has 0 saturated carbocycles. The van der Waals surface area contributed by atoms with Crippen molar-refractivity contribution < 1.29 is 4.74 Å².